The van der Waals surface area contributed by atoms with Gasteiger partial charge in [0.1, 0.15) is 28.6 Å². The van der Waals surface area contributed by atoms with E-state index in [9.17, 15) is 13.9 Å². The number of hydrogen-bond acceptors (Lipinski definition) is 2. The molecule has 3 aromatic rings. The number of hydrogen-bond donors (Lipinski definition) is 1. The van der Waals surface area contributed by atoms with Crippen molar-refractivity contribution in [3.05, 3.63) is 71.5 Å². The van der Waals surface area contributed by atoms with Crippen LogP contribution < -0.4 is 0 Å². The highest BCUT2D eigenvalue weighted by Crippen LogP contribution is 2.31. The van der Waals surface area contributed by atoms with Crippen LogP contribution >= 0.6 is 0 Å². The monoisotopic (exact) mass is 288 g/mol. The Kier molecular flexibility index (Phi) is 3.26. The van der Waals surface area contributed by atoms with E-state index in [1.54, 1.807) is 25.1 Å². The number of fused-ring (bicyclic) bond motifs is 1. The van der Waals surface area contributed by atoms with Crippen molar-refractivity contribution in [1.29, 1.82) is 0 Å². The van der Waals surface area contributed by atoms with Gasteiger partial charge in [0.15, 0.2) is 0 Å². The third kappa shape index (κ3) is 2.81. The summed E-state index contributed by atoms with van der Waals surface area (Å²) in [6.07, 6.45) is 0.201. The van der Waals surface area contributed by atoms with Crippen LogP contribution in [0.3, 0.4) is 0 Å². The molecule has 0 aliphatic heterocycles. The van der Waals surface area contributed by atoms with Gasteiger partial charge in [-0.05, 0) is 48.9 Å². The Bertz CT molecular complexity index is 790. The molecule has 21 heavy (non-hydrogen) atoms. The van der Waals surface area contributed by atoms with Gasteiger partial charge < -0.3 is 9.52 Å². The molecule has 0 saturated heterocycles. The van der Waals surface area contributed by atoms with E-state index in [1.165, 1.54) is 30.3 Å². The van der Waals surface area contributed by atoms with E-state index in [1.807, 2.05) is 0 Å². The summed E-state index contributed by atoms with van der Waals surface area (Å²) in [7, 11) is 0. The lowest BCUT2D eigenvalue weighted by Crippen LogP contribution is -2.23. The SMILES string of the molecule is CC(O)(Cc1cccc(F)c1)c1cc2cc(F)ccc2o1. The maximum absolute atomic E-state index is 13.2. The minimum atomic E-state index is -1.30. The molecular formula is C17H14F2O2. The quantitative estimate of drug-likeness (QED) is 0.785. The molecule has 0 radical (unpaired) electrons. The number of aliphatic hydroxyl groups is 1. The van der Waals surface area contributed by atoms with Crippen molar-refractivity contribution in [3.63, 3.8) is 0 Å². The van der Waals surface area contributed by atoms with E-state index in [2.05, 4.69) is 0 Å². The predicted octanol–water partition coefficient (Wildman–Crippen LogP) is 4.16. The van der Waals surface area contributed by atoms with Crippen molar-refractivity contribution < 1.29 is 18.3 Å². The van der Waals surface area contributed by atoms with Crippen molar-refractivity contribution in [2.45, 2.75) is 18.9 Å². The summed E-state index contributed by atoms with van der Waals surface area (Å²) in [6, 6.07) is 11.8. The first-order valence-electron chi connectivity index (χ1n) is 6.60. The van der Waals surface area contributed by atoms with E-state index in [-0.39, 0.29) is 18.1 Å². The van der Waals surface area contributed by atoms with Crippen LogP contribution in [-0.2, 0) is 12.0 Å². The summed E-state index contributed by atoms with van der Waals surface area (Å²) < 4.78 is 32.0. The zero-order valence-corrected chi connectivity index (χ0v) is 11.4. The molecule has 0 spiro atoms. The van der Waals surface area contributed by atoms with E-state index >= 15 is 0 Å². The normalized spacial score (nSPS) is 14.3. The Morgan fingerprint density at radius 2 is 1.81 bits per heavy atom. The molecule has 0 fully saturated rings. The van der Waals surface area contributed by atoms with E-state index < -0.39 is 5.60 Å². The zero-order chi connectivity index (χ0) is 15.0. The third-order valence-electron chi connectivity index (χ3n) is 3.45. The minimum absolute atomic E-state index is 0.201. The Hall–Kier alpha value is -2.20. The molecule has 1 aromatic heterocycles. The minimum Gasteiger partial charge on any atom is -0.458 e. The highest BCUT2D eigenvalue weighted by molar-refractivity contribution is 5.78. The summed E-state index contributed by atoms with van der Waals surface area (Å²) in [5, 5.41) is 11.2. The highest BCUT2D eigenvalue weighted by atomic mass is 19.1. The Balaban J connectivity index is 1.95. The fourth-order valence-corrected chi connectivity index (χ4v) is 2.41. The summed E-state index contributed by atoms with van der Waals surface area (Å²) in [4.78, 5) is 0. The van der Waals surface area contributed by atoms with Crippen LogP contribution in [0.5, 0.6) is 0 Å². The fourth-order valence-electron chi connectivity index (χ4n) is 2.41. The van der Waals surface area contributed by atoms with Gasteiger partial charge in [-0.15, -0.1) is 0 Å². The van der Waals surface area contributed by atoms with Gasteiger partial charge in [0.25, 0.3) is 0 Å². The first-order chi connectivity index (χ1) is 9.94. The average molecular weight is 288 g/mol. The second kappa shape index (κ2) is 4.97. The average Bonchev–Trinajstić information content (AvgIpc) is 2.82. The van der Waals surface area contributed by atoms with Crippen LogP contribution in [0.4, 0.5) is 8.78 Å². The summed E-state index contributed by atoms with van der Waals surface area (Å²) in [5.74, 6) is -0.387. The topological polar surface area (TPSA) is 33.4 Å². The molecule has 2 nitrogen and oxygen atoms in total. The van der Waals surface area contributed by atoms with Crippen molar-refractivity contribution >= 4 is 11.0 Å². The second-order valence-electron chi connectivity index (χ2n) is 5.37. The predicted molar refractivity (Wildman–Crippen MR) is 75.8 cm³/mol. The number of benzene rings is 2. The summed E-state index contributed by atoms with van der Waals surface area (Å²) >= 11 is 0. The van der Waals surface area contributed by atoms with Gasteiger partial charge in [-0.1, -0.05) is 12.1 Å². The lowest BCUT2D eigenvalue weighted by molar-refractivity contribution is 0.0360. The van der Waals surface area contributed by atoms with Crippen molar-refractivity contribution in [2.24, 2.45) is 0 Å². The Labute approximate surface area is 120 Å². The van der Waals surface area contributed by atoms with Crippen LogP contribution in [0.15, 0.2) is 52.9 Å². The molecule has 2 aromatic carbocycles. The molecule has 108 valence electrons. The molecule has 0 saturated carbocycles. The van der Waals surface area contributed by atoms with Gasteiger partial charge in [-0.25, -0.2) is 8.78 Å². The molecule has 1 heterocycles. The Morgan fingerprint density at radius 3 is 2.57 bits per heavy atom. The molecule has 3 rings (SSSR count). The van der Waals surface area contributed by atoms with E-state index in [0.717, 1.165) is 0 Å². The summed E-state index contributed by atoms with van der Waals surface area (Å²) in [5.41, 5.74) is -0.138. The lowest BCUT2D eigenvalue weighted by atomic mass is 9.94. The lowest BCUT2D eigenvalue weighted by Gasteiger charge is -2.20. The van der Waals surface area contributed by atoms with Crippen LogP contribution in [0.1, 0.15) is 18.2 Å². The van der Waals surface area contributed by atoms with Crippen LogP contribution in [0.2, 0.25) is 0 Å². The van der Waals surface area contributed by atoms with Crippen molar-refractivity contribution in [1.82, 2.24) is 0 Å². The van der Waals surface area contributed by atoms with Gasteiger partial charge in [-0.3, -0.25) is 0 Å². The van der Waals surface area contributed by atoms with E-state index in [4.69, 9.17) is 4.42 Å². The molecular weight excluding hydrogens is 274 g/mol. The maximum Gasteiger partial charge on any atom is 0.136 e. The van der Waals surface area contributed by atoms with Crippen molar-refractivity contribution in [3.8, 4) is 0 Å². The van der Waals surface area contributed by atoms with Gasteiger partial charge in [0.2, 0.25) is 0 Å². The van der Waals surface area contributed by atoms with Crippen molar-refractivity contribution in [2.75, 3.05) is 0 Å². The van der Waals surface area contributed by atoms with E-state index in [0.29, 0.717) is 22.3 Å². The first kappa shape index (κ1) is 13.8. The Morgan fingerprint density at radius 1 is 1.05 bits per heavy atom. The standard InChI is InChI=1S/C17H14F2O2/c1-17(20,10-11-3-2-4-13(18)7-11)16-9-12-8-14(19)5-6-15(12)21-16/h2-9,20H,10H2,1H3. The maximum atomic E-state index is 13.2. The second-order valence-corrected chi connectivity index (χ2v) is 5.37. The molecule has 1 atom stereocenters. The van der Waals surface area contributed by atoms with Crippen LogP contribution in [0, 0.1) is 11.6 Å². The van der Waals surface area contributed by atoms with Crippen LogP contribution in [-0.4, -0.2) is 5.11 Å². The van der Waals surface area contributed by atoms with Gasteiger partial charge in [0.05, 0.1) is 0 Å². The summed E-state index contributed by atoms with van der Waals surface area (Å²) in [6.45, 7) is 1.59. The van der Waals surface area contributed by atoms with Gasteiger partial charge in [0, 0.05) is 11.8 Å². The fraction of sp³-hybridized carbons (Fsp3) is 0.176. The smallest absolute Gasteiger partial charge is 0.136 e. The number of halogens is 2. The molecule has 0 aliphatic carbocycles. The zero-order valence-electron chi connectivity index (χ0n) is 11.4. The molecule has 0 aliphatic rings. The molecule has 1 unspecified atom stereocenters. The van der Waals surface area contributed by atoms with Gasteiger partial charge >= 0.3 is 0 Å². The third-order valence-corrected chi connectivity index (χ3v) is 3.45. The molecule has 1 N–H and O–H groups in total. The van der Waals surface area contributed by atoms with Crippen LogP contribution in [0.25, 0.3) is 11.0 Å². The number of furan rings is 1. The molecule has 0 bridgehead atoms. The molecule has 0 amide bonds. The number of rotatable bonds is 3. The molecule has 4 heteroatoms. The first-order valence-corrected chi connectivity index (χ1v) is 6.60. The largest absolute Gasteiger partial charge is 0.458 e. The van der Waals surface area contributed by atoms with Gasteiger partial charge in [-0.2, -0.15) is 0 Å². The highest BCUT2D eigenvalue weighted by Gasteiger charge is 2.28.